The molecule has 4 nitrogen and oxygen atoms in total. The molecule has 1 heterocycles. The molecule has 0 aliphatic heterocycles. The van der Waals surface area contributed by atoms with Gasteiger partial charge in [-0.05, 0) is 30.2 Å². The number of hydrogen-bond acceptors (Lipinski definition) is 3. The highest BCUT2D eigenvalue weighted by atomic mass is 35.5. The van der Waals surface area contributed by atoms with Gasteiger partial charge in [0.15, 0.2) is 0 Å². The normalized spacial score (nSPS) is 13.1. The van der Waals surface area contributed by atoms with Gasteiger partial charge < -0.3 is 0 Å². The number of rotatable bonds is 5. The zero-order valence-corrected chi connectivity index (χ0v) is 13.6. The van der Waals surface area contributed by atoms with Crippen molar-refractivity contribution in [3.8, 4) is 0 Å². The molecular formula is C14H14Cl2N2O2S. The predicted molar refractivity (Wildman–Crippen MR) is 84.1 cm³/mol. The van der Waals surface area contributed by atoms with Crippen LogP contribution in [-0.4, -0.2) is 13.4 Å². The molecule has 0 bridgehead atoms. The Labute approximate surface area is 134 Å². The molecule has 112 valence electrons. The quantitative estimate of drug-likeness (QED) is 0.896. The minimum Gasteiger partial charge on any atom is -0.263 e. The Morgan fingerprint density at radius 3 is 2.43 bits per heavy atom. The molecule has 0 amide bonds. The van der Waals surface area contributed by atoms with Crippen molar-refractivity contribution < 1.29 is 8.42 Å². The zero-order valence-electron chi connectivity index (χ0n) is 11.3. The summed E-state index contributed by atoms with van der Waals surface area (Å²) in [6.07, 6.45) is 3.27. The molecule has 0 aliphatic rings. The molecule has 0 fully saturated rings. The maximum Gasteiger partial charge on any atom is 0.244 e. The molecule has 1 unspecified atom stereocenters. The highest BCUT2D eigenvalue weighted by molar-refractivity contribution is 7.89. The maximum absolute atomic E-state index is 12.4. The molecule has 7 heteroatoms. The lowest BCUT2D eigenvalue weighted by molar-refractivity contribution is 0.550. The minimum atomic E-state index is -3.74. The molecule has 1 atom stereocenters. The Hall–Kier alpha value is -1.14. The van der Waals surface area contributed by atoms with Crippen molar-refractivity contribution in [2.45, 2.75) is 24.3 Å². The van der Waals surface area contributed by atoms with E-state index in [1.165, 1.54) is 18.5 Å². The van der Waals surface area contributed by atoms with Crippen molar-refractivity contribution in [3.05, 3.63) is 58.3 Å². The van der Waals surface area contributed by atoms with Gasteiger partial charge in [0.2, 0.25) is 10.0 Å². The van der Waals surface area contributed by atoms with Gasteiger partial charge in [-0.2, -0.15) is 0 Å². The first-order valence-corrected chi connectivity index (χ1v) is 8.55. The molecule has 2 aromatic rings. The van der Waals surface area contributed by atoms with E-state index < -0.39 is 10.0 Å². The second-order valence-electron chi connectivity index (χ2n) is 4.44. The Kier molecular flexibility index (Phi) is 5.22. The summed E-state index contributed by atoms with van der Waals surface area (Å²) in [5, 5.41) is 0.746. The smallest absolute Gasteiger partial charge is 0.244 e. The lowest BCUT2D eigenvalue weighted by Crippen LogP contribution is -2.28. The first-order valence-electron chi connectivity index (χ1n) is 6.31. The molecule has 2 rings (SSSR count). The van der Waals surface area contributed by atoms with Crippen LogP contribution in [0.3, 0.4) is 0 Å². The minimum absolute atomic E-state index is 0.0286. The summed E-state index contributed by atoms with van der Waals surface area (Å²) in [6.45, 7) is 1.90. The van der Waals surface area contributed by atoms with Gasteiger partial charge in [0.25, 0.3) is 0 Å². The van der Waals surface area contributed by atoms with E-state index in [9.17, 15) is 8.42 Å². The third-order valence-corrected chi connectivity index (χ3v) is 5.19. The number of pyridine rings is 1. The van der Waals surface area contributed by atoms with Crippen LogP contribution in [0.15, 0.2) is 47.6 Å². The van der Waals surface area contributed by atoms with Gasteiger partial charge >= 0.3 is 0 Å². The standard InChI is InChI=1S/C14H14Cl2N2O2S/c1-2-13(10-3-5-11(15)6-4-10)18-21(19,20)14-9-17-8-7-12(14)16/h3-9,13,18H,2H2,1H3. The fourth-order valence-electron chi connectivity index (χ4n) is 1.89. The van der Waals surface area contributed by atoms with Gasteiger partial charge in [-0.1, -0.05) is 42.3 Å². The van der Waals surface area contributed by atoms with Gasteiger partial charge in [-0.15, -0.1) is 0 Å². The maximum atomic E-state index is 12.4. The summed E-state index contributed by atoms with van der Waals surface area (Å²) in [5.74, 6) is 0. The number of aromatic nitrogens is 1. The van der Waals surface area contributed by atoms with Crippen LogP contribution in [0.1, 0.15) is 24.9 Å². The third-order valence-electron chi connectivity index (χ3n) is 3.00. The molecule has 1 N–H and O–H groups in total. The molecule has 0 saturated carbocycles. The highest BCUT2D eigenvalue weighted by Gasteiger charge is 2.22. The van der Waals surface area contributed by atoms with E-state index >= 15 is 0 Å². The third kappa shape index (κ3) is 3.95. The Bertz CT molecular complexity index is 718. The Morgan fingerprint density at radius 1 is 1.19 bits per heavy atom. The van der Waals surface area contributed by atoms with Crippen LogP contribution in [0.4, 0.5) is 0 Å². The Morgan fingerprint density at radius 2 is 1.86 bits per heavy atom. The summed E-state index contributed by atoms with van der Waals surface area (Å²) in [5.41, 5.74) is 0.838. The number of halogens is 2. The van der Waals surface area contributed by atoms with Crippen LogP contribution in [0.5, 0.6) is 0 Å². The SMILES string of the molecule is CCC(NS(=O)(=O)c1cnccc1Cl)c1ccc(Cl)cc1. The molecule has 21 heavy (non-hydrogen) atoms. The molecule has 0 saturated heterocycles. The van der Waals surface area contributed by atoms with Gasteiger partial charge in [0.05, 0.1) is 5.02 Å². The fraction of sp³-hybridized carbons (Fsp3) is 0.214. The van der Waals surface area contributed by atoms with E-state index in [1.54, 1.807) is 24.3 Å². The van der Waals surface area contributed by atoms with Crippen LogP contribution < -0.4 is 4.72 Å². The number of sulfonamides is 1. The summed E-state index contributed by atoms with van der Waals surface area (Å²) in [7, 11) is -3.74. The number of nitrogens with zero attached hydrogens (tertiary/aromatic N) is 1. The average Bonchev–Trinajstić information content (AvgIpc) is 2.46. The van der Waals surface area contributed by atoms with Gasteiger partial charge in [-0.3, -0.25) is 4.98 Å². The van der Waals surface area contributed by atoms with Crippen molar-refractivity contribution in [1.82, 2.24) is 9.71 Å². The number of hydrogen-bond donors (Lipinski definition) is 1. The Balaban J connectivity index is 2.30. The van der Waals surface area contributed by atoms with E-state index in [0.29, 0.717) is 11.4 Å². The molecule has 0 aliphatic carbocycles. The van der Waals surface area contributed by atoms with E-state index in [4.69, 9.17) is 23.2 Å². The summed E-state index contributed by atoms with van der Waals surface area (Å²) in [6, 6.07) is 8.13. The van der Waals surface area contributed by atoms with Crippen LogP contribution in [-0.2, 0) is 10.0 Å². The van der Waals surface area contributed by atoms with E-state index in [0.717, 1.165) is 5.56 Å². The second-order valence-corrected chi connectivity index (χ2v) is 6.97. The van der Waals surface area contributed by atoms with Gasteiger partial charge in [-0.25, -0.2) is 13.1 Å². The fourth-order valence-corrected chi connectivity index (χ4v) is 3.76. The lowest BCUT2D eigenvalue weighted by Gasteiger charge is -2.18. The average molecular weight is 345 g/mol. The van der Waals surface area contributed by atoms with E-state index in [2.05, 4.69) is 9.71 Å². The monoisotopic (exact) mass is 344 g/mol. The molecule has 0 radical (unpaired) electrons. The first kappa shape index (κ1) is 16.2. The second kappa shape index (κ2) is 6.75. The highest BCUT2D eigenvalue weighted by Crippen LogP contribution is 2.24. The molecule has 0 spiro atoms. The van der Waals surface area contributed by atoms with Crippen molar-refractivity contribution >= 4 is 33.2 Å². The molecule has 1 aromatic carbocycles. The summed E-state index contributed by atoms with van der Waals surface area (Å²) >= 11 is 11.8. The van der Waals surface area contributed by atoms with Gasteiger partial charge in [0, 0.05) is 23.5 Å². The first-order chi connectivity index (χ1) is 9.94. The molecular weight excluding hydrogens is 331 g/mol. The number of benzene rings is 1. The van der Waals surface area contributed by atoms with Crippen LogP contribution in [0.2, 0.25) is 10.0 Å². The van der Waals surface area contributed by atoms with Crippen molar-refractivity contribution in [1.29, 1.82) is 0 Å². The lowest BCUT2D eigenvalue weighted by atomic mass is 10.1. The van der Waals surface area contributed by atoms with Gasteiger partial charge in [0.1, 0.15) is 4.90 Å². The van der Waals surface area contributed by atoms with Crippen molar-refractivity contribution in [2.24, 2.45) is 0 Å². The van der Waals surface area contributed by atoms with Crippen LogP contribution >= 0.6 is 23.2 Å². The topological polar surface area (TPSA) is 59.1 Å². The number of nitrogens with one attached hydrogen (secondary N) is 1. The van der Waals surface area contributed by atoms with E-state index in [1.807, 2.05) is 6.92 Å². The zero-order chi connectivity index (χ0) is 15.5. The predicted octanol–water partition coefficient (Wildman–Crippen LogP) is 3.82. The molecule has 1 aromatic heterocycles. The van der Waals surface area contributed by atoms with Crippen LogP contribution in [0, 0.1) is 0 Å². The van der Waals surface area contributed by atoms with Crippen molar-refractivity contribution in [3.63, 3.8) is 0 Å². The van der Waals surface area contributed by atoms with E-state index in [-0.39, 0.29) is 16.0 Å². The van der Waals surface area contributed by atoms with Crippen molar-refractivity contribution in [2.75, 3.05) is 0 Å². The van der Waals surface area contributed by atoms with Crippen LogP contribution in [0.25, 0.3) is 0 Å². The summed E-state index contributed by atoms with van der Waals surface area (Å²) in [4.78, 5) is 3.78. The summed E-state index contributed by atoms with van der Waals surface area (Å²) < 4.78 is 27.4. The largest absolute Gasteiger partial charge is 0.263 e.